The standard InChI is InChI=1S/C21H17Cl2N5O2/c1-29-11-20-25-26-21-16-8-14(23)5-6-18(16)28-12-24-17(19(28)9-27(20)21)10-30-15-4-2-3-13(22)7-15/h2-8,12H,9-11H2,1H3. The molecule has 30 heavy (non-hydrogen) atoms. The molecule has 4 aromatic rings. The highest BCUT2D eigenvalue weighted by atomic mass is 35.5. The molecule has 7 nitrogen and oxygen atoms in total. The number of imidazole rings is 1. The third-order valence-corrected chi connectivity index (χ3v) is 5.46. The average molecular weight is 442 g/mol. The zero-order chi connectivity index (χ0) is 20.7. The van der Waals surface area contributed by atoms with Crippen LogP contribution in [0, 0.1) is 0 Å². The van der Waals surface area contributed by atoms with Crippen molar-refractivity contribution in [2.45, 2.75) is 19.8 Å². The van der Waals surface area contributed by atoms with E-state index in [1.54, 1.807) is 19.5 Å². The van der Waals surface area contributed by atoms with E-state index in [0.717, 1.165) is 34.3 Å². The molecule has 5 rings (SSSR count). The summed E-state index contributed by atoms with van der Waals surface area (Å²) < 4.78 is 15.3. The van der Waals surface area contributed by atoms with Crippen LogP contribution in [-0.2, 0) is 24.5 Å². The van der Waals surface area contributed by atoms with E-state index in [4.69, 9.17) is 32.7 Å². The molecular formula is C21H17Cl2N5O2. The summed E-state index contributed by atoms with van der Waals surface area (Å²) in [7, 11) is 1.64. The fourth-order valence-corrected chi connectivity index (χ4v) is 3.95. The number of aromatic nitrogens is 5. The summed E-state index contributed by atoms with van der Waals surface area (Å²) >= 11 is 12.4. The zero-order valence-electron chi connectivity index (χ0n) is 16.0. The van der Waals surface area contributed by atoms with Gasteiger partial charge in [0.2, 0.25) is 0 Å². The van der Waals surface area contributed by atoms with Crippen molar-refractivity contribution in [2.24, 2.45) is 0 Å². The predicted molar refractivity (Wildman–Crippen MR) is 113 cm³/mol. The fraction of sp³-hybridized carbons (Fsp3) is 0.190. The van der Waals surface area contributed by atoms with Crippen molar-refractivity contribution in [1.82, 2.24) is 24.3 Å². The molecule has 1 aliphatic rings. The molecule has 0 amide bonds. The number of hydrogen-bond acceptors (Lipinski definition) is 5. The van der Waals surface area contributed by atoms with Gasteiger partial charge in [-0.05, 0) is 36.4 Å². The largest absolute Gasteiger partial charge is 0.487 e. The average Bonchev–Trinajstić information content (AvgIpc) is 3.28. The summed E-state index contributed by atoms with van der Waals surface area (Å²) in [6.07, 6.45) is 1.80. The van der Waals surface area contributed by atoms with Gasteiger partial charge in [0.05, 0.1) is 24.3 Å². The lowest BCUT2D eigenvalue weighted by Crippen LogP contribution is -2.10. The van der Waals surface area contributed by atoms with Crippen LogP contribution in [0.1, 0.15) is 17.2 Å². The van der Waals surface area contributed by atoms with Gasteiger partial charge in [0.15, 0.2) is 11.6 Å². The molecule has 0 radical (unpaired) electrons. The van der Waals surface area contributed by atoms with E-state index in [0.29, 0.717) is 35.6 Å². The van der Waals surface area contributed by atoms with Crippen LogP contribution in [0.5, 0.6) is 5.75 Å². The maximum atomic E-state index is 6.29. The normalized spacial score (nSPS) is 12.1. The van der Waals surface area contributed by atoms with Crippen molar-refractivity contribution in [2.75, 3.05) is 7.11 Å². The minimum Gasteiger partial charge on any atom is -0.487 e. The van der Waals surface area contributed by atoms with Gasteiger partial charge >= 0.3 is 0 Å². The number of halogens is 2. The van der Waals surface area contributed by atoms with Crippen molar-refractivity contribution in [3.8, 4) is 22.8 Å². The van der Waals surface area contributed by atoms with E-state index >= 15 is 0 Å². The Hall–Kier alpha value is -2.87. The van der Waals surface area contributed by atoms with Crippen LogP contribution in [-0.4, -0.2) is 31.4 Å². The van der Waals surface area contributed by atoms with E-state index in [2.05, 4.69) is 15.2 Å². The zero-order valence-corrected chi connectivity index (χ0v) is 17.6. The summed E-state index contributed by atoms with van der Waals surface area (Å²) in [5.41, 5.74) is 3.62. The molecule has 1 aliphatic heterocycles. The lowest BCUT2D eigenvalue weighted by Gasteiger charge is -2.11. The number of hydrogen-bond donors (Lipinski definition) is 0. The molecule has 0 aliphatic carbocycles. The first-order valence-electron chi connectivity index (χ1n) is 9.29. The summed E-state index contributed by atoms with van der Waals surface area (Å²) in [5, 5.41) is 9.98. The molecule has 0 saturated carbocycles. The van der Waals surface area contributed by atoms with Gasteiger partial charge in [0.1, 0.15) is 24.7 Å². The first kappa shape index (κ1) is 19.1. The quantitative estimate of drug-likeness (QED) is 0.400. The monoisotopic (exact) mass is 441 g/mol. The van der Waals surface area contributed by atoms with Crippen LogP contribution < -0.4 is 4.74 Å². The van der Waals surface area contributed by atoms with Gasteiger partial charge in [-0.2, -0.15) is 0 Å². The molecular weight excluding hydrogens is 425 g/mol. The van der Waals surface area contributed by atoms with E-state index in [9.17, 15) is 0 Å². The summed E-state index contributed by atoms with van der Waals surface area (Å²) in [6.45, 7) is 1.19. The third kappa shape index (κ3) is 3.35. The van der Waals surface area contributed by atoms with Crippen LogP contribution in [0.2, 0.25) is 10.0 Å². The summed E-state index contributed by atoms with van der Waals surface area (Å²) in [4.78, 5) is 4.62. The second kappa shape index (κ2) is 7.75. The van der Waals surface area contributed by atoms with Gasteiger partial charge in [0.25, 0.3) is 0 Å². The molecule has 0 fully saturated rings. The maximum Gasteiger partial charge on any atom is 0.166 e. The van der Waals surface area contributed by atoms with Crippen molar-refractivity contribution < 1.29 is 9.47 Å². The topological polar surface area (TPSA) is 67.0 Å². The van der Waals surface area contributed by atoms with Gasteiger partial charge in [-0.3, -0.25) is 0 Å². The number of rotatable bonds is 5. The molecule has 0 spiro atoms. The van der Waals surface area contributed by atoms with Crippen molar-refractivity contribution in [1.29, 1.82) is 0 Å². The predicted octanol–water partition coefficient (Wildman–Crippen LogP) is 4.52. The van der Waals surface area contributed by atoms with Gasteiger partial charge in [0, 0.05) is 22.7 Å². The Kier molecular flexibility index (Phi) is 4.94. The Morgan fingerprint density at radius 1 is 1.03 bits per heavy atom. The molecule has 0 unspecified atom stereocenters. The fourth-order valence-electron chi connectivity index (χ4n) is 3.60. The Morgan fingerprint density at radius 3 is 2.73 bits per heavy atom. The van der Waals surface area contributed by atoms with E-state index in [-0.39, 0.29) is 0 Å². The highest BCUT2D eigenvalue weighted by molar-refractivity contribution is 6.31. The summed E-state index contributed by atoms with van der Waals surface area (Å²) in [6, 6.07) is 13.0. The van der Waals surface area contributed by atoms with E-state index in [1.807, 2.05) is 45.5 Å². The highest BCUT2D eigenvalue weighted by Gasteiger charge is 2.26. The van der Waals surface area contributed by atoms with Gasteiger partial charge in [-0.15, -0.1) is 10.2 Å². The lowest BCUT2D eigenvalue weighted by atomic mass is 10.1. The van der Waals surface area contributed by atoms with Crippen LogP contribution >= 0.6 is 23.2 Å². The van der Waals surface area contributed by atoms with Crippen molar-refractivity contribution in [3.63, 3.8) is 0 Å². The number of benzene rings is 2. The molecule has 2 aromatic carbocycles. The first-order valence-corrected chi connectivity index (χ1v) is 10.0. The second-order valence-corrected chi connectivity index (χ2v) is 7.75. The van der Waals surface area contributed by atoms with E-state index < -0.39 is 0 Å². The summed E-state index contributed by atoms with van der Waals surface area (Å²) in [5.74, 6) is 2.16. The Morgan fingerprint density at radius 2 is 1.90 bits per heavy atom. The molecule has 0 atom stereocenters. The second-order valence-electron chi connectivity index (χ2n) is 6.87. The van der Waals surface area contributed by atoms with E-state index in [1.165, 1.54) is 0 Å². The molecule has 0 N–H and O–H groups in total. The molecule has 0 bridgehead atoms. The van der Waals surface area contributed by atoms with Gasteiger partial charge in [-0.25, -0.2) is 4.98 Å². The minimum absolute atomic E-state index is 0.308. The smallest absolute Gasteiger partial charge is 0.166 e. The maximum absolute atomic E-state index is 6.29. The molecule has 3 heterocycles. The third-order valence-electron chi connectivity index (χ3n) is 4.99. The molecule has 2 aromatic heterocycles. The first-order chi connectivity index (χ1) is 14.6. The number of fused-ring (bicyclic) bond motifs is 5. The van der Waals surface area contributed by atoms with Crippen LogP contribution in [0.15, 0.2) is 48.8 Å². The number of ether oxygens (including phenoxy) is 2. The number of methoxy groups -OCH3 is 1. The molecule has 152 valence electrons. The Bertz CT molecular complexity index is 1230. The highest BCUT2D eigenvalue weighted by Crippen LogP contribution is 2.34. The van der Waals surface area contributed by atoms with Crippen LogP contribution in [0.4, 0.5) is 0 Å². The van der Waals surface area contributed by atoms with Crippen LogP contribution in [0.3, 0.4) is 0 Å². The Labute approximate surface area is 182 Å². The van der Waals surface area contributed by atoms with Gasteiger partial charge < -0.3 is 18.6 Å². The molecule has 9 heteroatoms. The minimum atomic E-state index is 0.308. The lowest BCUT2D eigenvalue weighted by molar-refractivity contribution is 0.174. The van der Waals surface area contributed by atoms with Crippen LogP contribution in [0.25, 0.3) is 17.1 Å². The van der Waals surface area contributed by atoms with Crippen molar-refractivity contribution >= 4 is 23.2 Å². The molecule has 0 saturated heterocycles. The van der Waals surface area contributed by atoms with Gasteiger partial charge in [-0.1, -0.05) is 29.3 Å². The SMILES string of the molecule is COCc1nnc2n1Cc1c(COc3cccc(Cl)c3)ncn1-c1ccc(Cl)cc1-2. The Balaban J connectivity index is 1.59. The number of nitrogens with zero attached hydrogens (tertiary/aromatic N) is 5. The van der Waals surface area contributed by atoms with Crippen molar-refractivity contribution in [3.05, 3.63) is 76.0 Å².